The second-order valence-corrected chi connectivity index (χ2v) is 5.70. The number of halogens is 1. The quantitative estimate of drug-likeness (QED) is 0.751. The van der Waals surface area contributed by atoms with Crippen LogP contribution in [0.5, 0.6) is 0 Å². The Morgan fingerprint density at radius 2 is 1.64 bits per heavy atom. The molecule has 0 bridgehead atoms. The Morgan fingerprint density at radius 1 is 1.00 bits per heavy atom. The third-order valence-corrected chi connectivity index (χ3v) is 3.90. The number of rotatable bonds is 5. The molecule has 1 heterocycles. The molecule has 1 amide bonds. The van der Waals surface area contributed by atoms with Gasteiger partial charge in [-0.1, -0.05) is 30.3 Å². The van der Waals surface area contributed by atoms with Gasteiger partial charge in [-0.25, -0.2) is 4.39 Å². The third kappa shape index (κ3) is 4.28. The first-order valence-corrected chi connectivity index (χ1v) is 7.94. The molecule has 1 aromatic heterocycles. The lowest BCUT2D eigenvalue weighted by Gasteiger charge is -2.13. The first-order chi connectivity index (χ1) is 12.1. The number of carbonyl (C=O) groups is 1. The standard InChI is InChI=1S/C20H18FN3O/c21-18-4-2-1-3-16(18)13-19(22)20(25)24-17-7-5-14(6-8-17)15-9-11-23-12-10-15/h1-12,19H,13,22H2,(H,24,25)/t19-/m1/s1. The van der Waals surface area contributed by atoms with E-state index in [1.165, 1.54) is 6.07 Å². The van der Waals surface area contributed by atoms with Crippen LogP contribution in [-0.4, -0.2) is 16.9 Å². The summed E-state index contributed by atoms with van der Waals surface area (Å²) in [5, 5.41) is 2.76. The van der Waals surface area contributed by atoms with Gasteiger partial charge in [0.2, 0.25) is 5.91 Å². The van der Waals surface area contributed by atoms with E-state index in [1.54, 1.807) is 30.6 Å². The van der Waals surface area contributed by atoms with Crippen molar-refractivity contribution in [3.8, 4) is 11.1 Å². The maximum absolute atomic E-state index is 13.7. The minimum absolute atomic E-state index is 0.146. The number of anilines is 1. The Balaban J connectivity index is 1.63. The number of nitrogens with one attached hydrogen (secondary N) is 1. The van der Waals surface area contributed by atoms with Crippen LogP contribution in [0.4, 0.5) is 10.1 Å². The van der Waals surface area contributed by atoms with Crippen molar-refractivity contribution < 1.29 is 9.18 Å². The van der Waals surface area contributed by atoms with E-state index >= 15 is 0 Å². The molecule has 0 aliphatic carbocycles. The smallest absolute Gasteiger partial charge is 0.241 e. The zero-order valence-electron chi connectivity index (χ0n) is 13.5. The fourth-order valence-electron chi connectivity index (χ4n) is 2.52. The van der Waals surface area contributed by atoms with Crippen LogP contribution in [0.15, 0.2) is 73.1 Å². The van der Waals surface area contributed by atoms with E-state index < -0.39 is 6.04 Å². The topological polar surface area (TPSA) is 68.0 Å². The van der Waals surface area contributed by atoms with Gasteiger partial charge in [-0.05, 0) is 53.4 Å². The van der Waals surface area contributed by atoms with Crippen molar-refractivity contribution in [3.63, 3.8) is 0 Å². The van der Waals surface area contributed by atoms with Crippen LogP contribution in [0.3, 0.4) is 0 Å². The first-order valence-electron chi connectivity index (χ1n) is 7.94. The van der Waals surface area contributed by atoms with E-state index in [-0.39, 0.29) is 18.1 Å². The number of hydrogen-bond donors (Lipinski definition) is 2. The van der Waals surface area contributed by atoms with E-state index in [0.717, 1.165) is 11.1 Å². The van der Waals surface area contributed by atoms with Crippen molar-refractivity contribution in [1.29, 1.82) is 0 Å². The number of carbonyl (C=O) groups excluding carboxylic acids is 1. The van der Waals surface area contributed by atoms with Crippen LogP contribution in [0.25, 0.3) is 11.1 Å². The number of benzene rings is 2. The Morgan fingerprint density at radius 3 is 2.32 bits per heavy atom. The summed E-state index contributed by atoms with van der Waals surface area (Å²) in [5.41, 5.74) is 9.04. The van der Waals surface area contributed by atoms with Crippen LogP contribution in [-0.2, 0) is 11.2 Å². The van der Waals surface area contributed by atoms with Crippen molar-refractivity contribution in [2.24, 2.45) is 5.73 Å². The second-order valence-electron chi connectivity index (χ2n) is 5.70. The first kappa shape index (κ1) is 16.8. The number of nitrogens with zero attached hydrogens (tertiary/aromatic N) is 1. The third-order valence-electron chi connectivity index (χ3n) is 3.90. The maximum atomic E-state index is 13.7. The SMILES string of the molecule is N[C@H](Cc1ccccc1F)C(=O)Nc1ccc(-c2ccncc2)cc1. The predicted molar refractivity (Wildman–Crippen MR) is 96.4 cm³/mol. The average Bonchev–Trinajstić information content (AvgIpc) is 2.65. The van der Waals surface area contributed by atoms with Crippen LogP contribution in [0, 0.1) is 5.82 Å². The molecular formula is C20H18FN3O. The summed E-state index contributed by atoms with van der Waals surface area (Å²) >= 11 is 0. The van der Waals surface area contributed by atoms with Crippen LogP contribution in [0.1, 0.15) is 5.56 Å². The molecule has 25 heavy (non-hydrogen) atoms. The van der Waals surface area contributed by atoms with Gasteiger partial charge >= 0.3 is 0 Å². The number of aromatic nitrogens is 1. The number of hydrogen-bond acceptors (Lipinski definition) is 3. The molecule has 0 saturated carbocycles. The minimum Gasteiger partial charge on any atom is -0.325 e. The molecule has 0 radical (unpaired) electrons. The van der Waals surface area contributed by atoms with Crippen molar-refractivity contribution in [2.75, 3.05) is 5.32 Å². The fraction of sp³-hybridized carbons (Fsp3) is 0.100. The lowest BCUT2D eigenvalue weighted by molar-refractivity contribution is -0.117. The highest BCUT2D eigenvalue weighted by Crippen LogP contribution is 2.20. The van der Waals surface area contributed by atoms with Gasteiger partial charge < -0.3 is 11.1 Å². The van der Waals surface area contributed by atoms with Crippen molar-refractivity contribution >= 4 is 11.6 Å². The summed E-state index contributed by atoms with van der Waals surface area (Å²) in [5.74, 6) is -0.702. The predicted octanol–water partition coefficient (Wildman–Crippen LogP) is 3.40. The van der Waals surface area contributed by atoms with E-state index in [0.29, 0.717) is 11.3 Å². The summed E-state index contributed by atoms with van der Waals surface area (Å²) in [6.07, 6.45) is 3.60. The van der Waals surface area contributed by atoms with Gasteiger partial charge in [0.1, 0.15) is 5.82 Å². The highest BCUT2D eigenvalue weighted by molar-refractivity contribution is 5.95. The molecule has 3 rings (SSSR count). The maximum Gasteiger partial charge on any atom is 0.241 e. The minimum atomic E-state index is -0.822. The van der Waals surface area contributed by atoms with Gasteiger partial charge in [-0.3, -0.25) is 9.78 Å². The van der Waals surface area contributed by atoms with Crippen molar-refractivity contribution in [2.45, 2.75) is 12.5 Å². The Bertz CT molecular complexity index is 850. The molecule has 5 heteroatoms. The van der Waals surface area contributed by atoms with Gasteiger partial charge in [0, 0.05) is 18.1 Å². The average molecular weight is 335 g/mol. The largest absolute Gasteiger partial charge is 0.325 e. The summed E-state index contributed by atoms with van der Waals surface area (Å²) in [7, 11) is 0. The molecule has 0 spiro atoms. The van der Waals surface area contributed by atoms with Gasteiger partial charge in [-0.2, -0.15) is 0 Å². The molecule has 1 atom stereocenters. The molecule has 0 unspecified atom stereocenters. The van der Waals surface area contributed by atoms with E-state index in [1.807, 2.05) is 36.4 Å². The molecule has 0 saturated heterocycles. The molecule has 3 N–H and O–H groups in total. The molecule has 126 valence electrons. The molecular weight excluding hydrogens is 317 g/mol. The van der Waals surface area contributed by atoms with Crippen LogP contribution < -0.4 is 11.1 Å². The zero-order valence-corrected chi connectivity index (χ0v) is 13.5. The lowest BCUT2D eigenvalue weighted by atomic mass is 10.0. The molecule has 0 aliphatic rings. The summed E-state index contributed by atoms with van der Waals surface area (Å²) in [6.45, 7) is 0. The Labute approximate surface area is 145 Å². The zero-order chi connectivity index (χ0) is 17.6. The van der Waals surface area contributed by atoms with Crippen molar-refractivity contribution in [3.05, 3.63) is 84.4 Å². The number of pyridine rings is 1. The summed E-state index contributed by atoms with van der Waals surface area (Å²) < 4.78 is 13.7. The van der Waals surface area contributed by atoms with Crippen molar-refractivity contribution in [1.82, 2.24) is 4.98 Å². The van der Waals surface area contributed by atoms with E-state index in [2.05, 4.69) is 10.3 Å². The Kier molecular flexibility index (Phi) is 5.16. The number of amides is 1. The van der Waals surface area contributed by atoms with E-state index in [9.17, 15) is 9.18 Å². The Hall–Kier alpha value is -3.05. The summed E-state index contributed by atoms with van der Waals surface area (Å²) in [6, 6.07) is 16.8. The van der Waals surface area contributed by atoms with Gasteiger partial charge in [0.05, 0.1) is 6.04 Å². The molecule has 4 nitrogen and oxygen atoms in total. The molecule has 2 aromatic carbocycles. The van der Waals surface area contributed by atoms with Gasteiger partial charge in [-0.15, -0.1) is 0 Å². The second kappa shape index (κ2) is 7.68. The van der Waals surface area contributed by atoms with Gasteiger partial charge in [0.15, 0.2) is 0 Å². The van der Waals surface area contributed by atoms with Crippen LogP contribution >= 0.6 is 0 Å². The number of nitrogens with two attached hydrogens (primary N) is 1. The lowest BCUT2D eigenvalue weighted by Crippen LogP contribution is -2.37. The molecule has 3 aromatic rings. The van der Waals surface area contributed by atoms with Crippen LogP contribution in [0.2, 0.25) is 0 Å². The van der Waals surface area contributed by atoms with Gasteiger partial charge in [0.25, 0.3) is 0 Å². The summed E-state index contributed by atoms with van der Waals surface area (Å²) in [4.78, 5) is 16.2. The van der Waals surface area contributed by atoms with E-state index in [4.69, 9.17) is 5.73 Å². The molecule has 0 fully saturated rings. The normalized spacial score (nSPS) is 11.8. The molecule has 0 aliphatic heterocycles. The highest BCUT2D eigenvalue weighted by Gasteiger charge is 2.16. The highest BCUT2D eigenvalue weighted by atomic mass is 19.1. The monoisotopic (exact) mass is 335 g/mol. The fourth-order valence-corrected chi connectivity index (χ4v) is 2.52.